The van der Waals surface area contributed by atoms with Crippen molar-refractivity contribution in [3.8, 4) is 0 Å². The third-order valence-corrected chi connectivity index (χ3v) is 7.93. The normalized spacial score (nSPS) is 16.3. The average molecular weight is 736 g/mol. The Bertz CT molecular complexity index is 1820. The largest absolute Gasteiger partial charge is 0.463 e. The molecule has 2 aromatic heterocycles. The van der Waals surface area contributed by atoms with Gasteiger partial charge in [0.15, 0.2) is 0 Å². The van der Waals surface area contributed by atoms with E-state index in [2.05, 4.69) is 46.5 Å². The molecule has 6 rings (SSSR count). The Hall–Kier alpha value is -5.44. The van der Waals surface area contributed by atoms with Gasteiger partial charge < -0.3 is 31.6 Å². The van der Waals surface area contributed by atoms with Crippen LogP contribution in [-0.4, -0.2) is 59.1 Å². The van der Waals surface area contributed by atoms with Crippen LogP contribution in [0.5, 0.6) is 0 Å². The van der Waals surface area contributed by atoms with Crippen molar-refractivity contribution in [2.75, 3.05) is 23.8 Å². The molecule has 0 unspecified atom stereocenters. The molecule has 0 radical (unpaired) electrons. The molecule has 2 aliphatic rings. The smallest absolute Gasteiger partial charge is 0.282 e. The fourth-order valence-electron chi connectivity index (χ4n) is 4.84. The highest BCUT2D eigenvalue weighted by Gasteiger charge is 2.18. The van der Waals surface area contributed by atoms with Gasteiger partial charge in [-0.15, -0.1) is 0 Å². The number of hydrogen-bond acceptors (Lipinski definition) is 10. The second-order valence-electron chi connectivity index (χ2n) is 11.1. The molecule has 4 heterocycles. The number of benzene rings is 2. The molecule has 0 fully saturated rings. The first kappa shape index (κ1) is 34.9. The van der Waals surface area contributed by atoms with Crippen LogP contribution in [0.15, 0.2) is 93.7 Å². The van der Waals surface area contributed by atoms with Gasteiger partial charge in [-0.2, -0.15) is 4.39 Å². The lowest BCUT2D eigenvalue weighted by atomic mass is 10.1. The van der Waals surface area contributed by atoms with Crippen LogP contribution in [0, 0.1) is 11.8 Å². The molecule has 2 amide bonds. The molecule has 0 saturated heterocycles. The van der Waals surface area contributed by atoms with Gasteiger partial charge >= 0.3 is 0 Å². The summed E-state index contributed by atoms with van der Waals surface area (Å²) in [6, 6.07) is 19.8. The Morgan fingerprint density at radius 3 is 1.76 bits per heavy atom. The van der Waals surface area contributed by atoms with Crippen LogP contribution in [0.2, 0.25) is 0 Å². The van der Waals surface area contributed by atoms with Gasteiger partial charge in [-0.1, -0.05) is 24.3 Å². The summed E-state index contributed by atoms with van der Waals surface area (Å²) in [6.07, 6.45) is 5.60. The maximum absolute atomic E-state index is 13.5. The molecule has 0 aliphatic carbocycles. The van der Waals surface area contributed by atoms with Crippen molar-refractivity contribution in [1.82, 2.24) is 9.97 Å². The average Bonchev–Trinajstić information content (AvgIpc) is 3.72. The third kappa shape index (κ3) is 10.5. The van der Waals surface area contributed by atoms with E-state index in [1.165, 1.54) is 11.8 Å². The van der Waals surface area contributed by atoms with E-state index in [-0.39, 0.29) is 30.0 Å². The van der Waals surface area contributed by atoms with Crippen molar-refractivity contribution in [2.24, 2.45) is 21.5 Å². The number of aryl methyl sites for hydroxylation is 2. The minimum atomic E-state index is -1.02. The number of hydrogen-bond donors (Lipinski definition) is 4. The maximum atomic E-state index is 13.5. The summed E-state index contributed by atoms with van der Waals surface area (Å²) < 4.78 is 37.5. The van der Waals surface area contributed by atoms with Gasteiger partial charge in [-0.3, -0.25) is 9.59 Å². The third-order valence-electron chi connectivity index (χ3n) is 7.46. The molecule has 4 aromatic rings. The summed E-state index contributed by atoms with van der Waals surface area (Å²) in [7, 11) is 0. The number of carbonyl (C=O) groups is 2. The number of nitrogens with one attached hydrogen (secondary N) is 2. The van der Waals surface area contributed by atoms with Crippen LogP contribution in [0.25, 0.3) is 0 Å². The summed E-state index contributed by atoms with van der Waals surface area (Å²) in [5, 5.41) is 5.37. The molecule has 0 saturated carbocycles. The quantitative estimate of drug-likeness (QED) is 0.164. The van der Waals surface area contributed by atoms with Gasteiger partial charge in [0.25, 0.3) is 23.9 Å². The van der Waals surface area contributed by atoms with Crippen LogP contribution in [-0.2, 0) is 22.3 Å². The van der Waals surface area contributed by atoms with Crippen molar-refractivity contribution in [3.05, 3.63) is 118 Å². The molecular weight excluding hydrogens is 702 g/mol. The molecule has 49 heavy (non-hydrogen) atoms. The number of rotatable bonds is 10. The molecule has 12 nitrogen and oxygen atoms in total. The van der Waals surface area contributed by atoms with E-state index in [1.807, 2.05) is 36.4 Å². The number of anilines is 2. The predicted molar refractivity (Wildman–Crippen MR) is 184 cm³/mol. The first-order chi connectivity index (χ1) is 23.6. The fourth-order valence-corrected chi connectivity index (χ4v) is 5.07. The number of nitrogens with zero attached hydrogens (tertiary/aromatic N) is 4. The van der Waals surface area contributed by atoms with E-state index >= 15 is 0 Å². The van der Waals surface area contributed by atoms with Gasteiger partial charge in [-0.05, 0) is 95.2 Å². The first-order valence-corrected chi connectivity index (χ1v) is 16.1. The minimum absolute atomic E-state index is 0.0582. The molecule has 6 N–H and O–H groups in total. The lowest BCUT2D eigenvalue weighted by Gasteiger charge is -2.08. The Morgan fingerprint density at radius 1 is 0.755 bits per heavy atom. The van der Waals surface area contributed by atoms with Crippen LogP contribution in [0.4, 0.5) is 20.2 Å². The number of halogens is 3. The number of aromatic nitrogens is 2. The number of carbonyl (C=O) groups excluding carboxylic acids is 2. The zero-order valence-corrected chi connectivity index (χ0v) is 27.7. The summed E-state index contributed by atoms with van der Waals surface area (Å²) in [4.78, 5) is 39.7. The standard InChI is InChI=1S/C17H17BrN4O2.C17H16F2N4O2/c18-15-8-4-12(9-20-15)16(23)21-13-5-1-11(2-6-13)3-7-14-10-24-17(19)22-14;18-11-7-14(15(19)21-8-11)16(24)22-12-4-1-10(2-5-12)3-6-13-9-25-17(20)23-13/h1-2,4-6,8-9,14H,3,7,10H2,(H2,19,22)(H,21,23);1-2,4-5,7-8,13H,3,6,9H2,(H2,20,23)(H,22,24)/t14-;13-/m00/s1. The Labute approximate surface area is 289 Å². The first-order valence-electron chi connectivity index (χ1n) is 15.3. The van der Waals surface area contributed by atoms with Crippen molar-refractivity contribution >= 4 is 51.2 Å². The van der Waals surface area contributed by atoms with E-state index in [4.69, 9.17) is 20.9 Å². The fraction of sp³-hybridized carbons (Fsp3) is 0.235. The highest BCUT2D eigenvalue weighted by Crippen LogP contribution is 2.18. The van der Waals surface area contributed by atoms with Gasteiger partial charge in [0.1, 0.15) is 23.6 Å². The summed E-state index contributed by atoms with van der Waals surface area (Å²) >= 11 is 3.25. The Morgan fingerprint density at radius 2 is 1.29 bits per heavy atom. The van der Waals surface area contributed by atoms with Gasteiger partial charge in [-0.25, -0.2) is 24.3 Å². The lowest BCUT2D eigenvalue weighted by molar-refractivity contribution is 0.101. The van der Waals surface area contributed by atoms with Crippen molar-refractivity contribution < 1.29 is 27.8 Å². The number of amides is 2. The maximum Gasteiger partial charge on any atom is 0.282 e. The Kier molecular flexibility index (Phi) is 11.8. The second kappa shape index (κ2) is 16.6. The molecule has 0 bridgehead atoms. The van der Waals surface area contributed by atoms with Crippen molar-refractivity contribution in [3.63, 3.8) is 0 Å². The highest BCUT2D eigenvalue weighted by molar-refractivity contribution is 9.10. The SMILES string of the molecule is NC1=N[C@@H](CCc2ccc(NC(=O)c3cc(F)cnc3F)cc2)CO1.NC1=N[C@@H](CCc2ccc(NC(=O)c3ccc(Br)nc3)cc2)CO1. The van der Waals surface area contributed by atoms with E-state index in [1.54, 1.807) is 24.3 Å². The molecule has 2 aliphatic heterocycles. The lowest BCUT2D eigenvalue weighted by Crippen LogP contribution is -2.15. The highest BCUT2D eigenvalue weighted by atomic mass is 79.9. The molecule has 2 aromatic carbocycles. The topological polar surface area (TPSA) is 179 Å². The number of ether oxygens (including phenoxy) is 2. The van der Waals surface area contributed by atoms with Crippen LogP contribution in [0.3, 0.4) is 0 Å². The summed E-state index contributed by atoms with van der Waals surface area (Å²) in [5.41, 5.74) is 14.5. The van der Waals surface area contributed by atoms with Crippen LogP contribution < -0.4 is 22.1 Å². The second-order valence-corrected chi connectivity index (χ2v) is 11.9. The minimum Gasteiger partial charge on any atom is -0.463 e. The van der Waals surface area contributed by atoms with Crippen LogP contribution >= 0.6 is 15.9 Å². The number of pyridine rings is 2. The van der Waals surface area contributed by atoms with E-state index < -0.39 is 23.2 Å². The summed E-state index contributed by atoms with van der Waals surface area (Å²) in [5.74, 6) is -2.74. The van der Waals surface area contributed by atoms with Gasteiger partial charge in [0, 0.05) is 17.6 Å². The van der Waals surface area contributed by atoms with Crippen LogP contribution in [0.1, 0.15) is 44.7 Å². The Balaban J connectivity index is 0.000000191. The molecule has 254 valence electrons. The number of nitrogens with two attached hydrogens (primary N) is 2. The zero-order valence-electron chi connectivity index (χ0n) is 26.1. The van der Waals surface area contributed by atoms with Gasteiger partial charge in [0.05, 0.1) is 29.4 Å². The number of aliphatic imine (C=N–C) groups is 2. The molecular formula is C34H33BrF2N8O4. The van der Waals surface area contributed by atoms with E-state index in [0.717, 1.165) is 43.0 Å². The molecule has 2 atom stereocenters. The monoisotopic (exact) mass is 734 g/mol. The molecule has 0 spiro atoms. The zero-order chi connectivity index (χ0) is 34.8. The number of amidine groups is 2. The van der Waals surface area contributed by atoms with E-state index in [0.29, 0.717) is 35.3 Å². The summed E-state index contributed by atoms with van der Waals surface area (Å²) in [6.45, 7) is 1.05. The van der Waals surface area contributed by atoms with Crippen molar-refractivity contribution in [1.29, 1.82) is 0 Å². The van der Waals surface area contributed by atoms with Crippen molar-refractivity contribution in [2.45, 2.75) is 37.8 Å². The predicted octanol–water partition coefficient (Wildman–Crippen LogP) is 5.00. The molecule has 15 heteroatoms. The van der Waals surface area contributed by atoms with E-state index in [9.17, 15) is 18.4 Å². The van der Waals surface area contributed by atoms with Gasteiger partial charge in [0.2, 0.25) is 5.95 Å².